The van der Waals surface area contributed by atoms with Crippen LogP contribution in [0.3, 0.4) is 0 Å². The molecular weight excluding hydrogens is 124 g/mol. The van der Waals surface area contributed by atoms with Crippen LogP contribution in [0.15, 0.2) is 0 Å². The van der Waals surface area contributed by atoms with Crippen molar-refractivity contribution in [2.75, 3.05) is 6.61 Å². The lowest BCUT2D eigenvalue weighted by Crippen LogP contribution is -2.23. The van der Waals surface area contributed by atoms with Crippen LogP contribution >= 0.6 is 0 Å². The highest BCUT2D eigenvalue weighted by Gasteiger charge is 2.11. The van der Waals surface area contributed by atoms with Crippen molar-refractivity contribution in [3.63, 3.8) is 0 Å². The van der Waals surface area contributed by atoms with Crippen LogP contribution in [0.5, 0.6) is 0 Å². The Balaban J connectivity index is 3.27. The van der Waals surface area contributed by atoms with Gasteiger partial charge in [0.15, 0.2) is 0 Å². The predicted octanol–water partition coefficient (Wildman–Crippen LogP) is -0.184. The van der Waals surface area contributed by atoms with Crippen LogP contribution in [-0.4, -0.2) is 29.1 Å². The first-order valence-corrected chi connectivity index (χ1v) is 2.71. The van der Waals surface area contributed by atoms with Gasteiger partial charge in [-0.1, -0.05) is 6.92 Å². The summed E-state index contributed by atoms with van der Waals surface area (Å²) in [6.45, 7) is 2.10. The maximum absolute atomic E-state index is 9.83. The molecule has 1 atom stereocenters. The number of carboxylic acid groups (broad SMARTS) is 1. The fraction of sp³-hybridized carbons (Fsp3) is 0.800. The second kappa shape index (κ2) is 4.29. The molecule has 0 bridgehead atoms. The van der Waals surface area contributed by atoms with Gasteiger partial charge in [0.05, 0.1) is 6.61 Å². The van der Waals surface area contributed by atoms with E-state index in [1.807, 2.05) is 6.92 Å². The van der Waals surface area contributed by atoms with Crippen LogP contribution in [0.25, 0.3) is 0 Å². The summed E-state index contributed by atoms with van der Waals surface area (Å²) in [4.78, 5) is 9.83. The lowest BCUT2D eigenvalue weighted by Gasteiger charge is -2.03. The van der Waals surface area contributed by atoms with Crippen molar-refractivity contribution in [1.29, 1.82) is 0 Å². The molecule has 4 nitrogen and oxygen atoms in total. The summed E-state index contributed by atoms with van der Waals surface area (Å²) in [5.41, 5.74) is 0. The molecule has 0 spiro atoms. The van der Waals surface area contributed by atoms with Gasteiger partial charge in [0, 0.05) is 0 Å². The number of hydrogen-bond donors (Lipinski definition) is 2. The third-order valence-corrected chi connectivity index (χ3v) is 0.691. The maximum atomic E-state index is 9.83. The van der Waals surface area contributed by atoms with E-state index in [0.29, 0.717) is 6.42 Å². The summed E-state index contributed by atoms with van der Waals surface area (Å²) in [5, 5.41) is 16.5. The molecule has 0 radical (unpaired) electrons. The molecule has 4 heteroatoms. The summed E-state index contributed by atoms with van der Waals surface area (Å²) in [6, 6.07) is 0. The molecule has 0 saturated carbocycles. The number of carbonyl (C=O) groups is 1. The molecule has 0 amide bonds. The molecule has 0 aromatic carbocycles. The van der Waals surface area contributed by atoms with Crippen LogP contribution in [0.4, 0.5) is 0 Å². The fourth-order valence-corrected chi connectivity index (χ4v) is 0.301. The Hall–Kier alpha value is -0.610. The van der Waals surface area contributed by atoms with E-state index in [0.717, 1.165) is 0 Å². The standard InChI is InChI=1S/C5H10O4/c1-2-3-9-5(8)4(6)7/h5,8H,2-3H2,1H3,(H,6,7). The lowest BCUT2D eigenvalue weighted by atomic mass is 10.5. The average molecular weight is 134 g/mol. The third-order valence-electron chi connectivity index (χ3n) is 0.691. The largest absolute Gasteiger partial charge is 0.477 e. The number of aliphatic hydroxyl groups is 1. The van der Waals surface area contributed by atoms with Gasteiger partial charge in [-0.2, -0.15) is 0 Å². The molecule has 0 heterocycles. The van der Waals surface area contributed by atoms with Crippen molar-refractivity contribution in [1.82, 2.24) is 0 Å². The molecule has 1 unspecified atom stereocenters. The number of ether oxygens (including phenoxy) is 1. The molecule has 0 aliphatic carbocycles. The Bertz CT molecular complexity index is 91.0. The molecule has 9 heavy (non-hydrogen) atoms. The van der Waals surface area contributed by atoms with Crippen LogP contribution < -0.4 is 0 Å². The van der Waals surface area contributed by atoms with Crippen molar-refractivity contribution in [2.45, 2.75) is 19.6 Å². The van der Waals surface area contributed by atoms with Gasteiger partial charge in [-0.15, -0.1) is 0 Å². The minimum atomic E-state index is -1.66. The Kier molecular flexibility index (Phi) is 4.00. The third kappa shape index (κ3) is 3.93. The summed E-state index contributed by atoms with van der Waals surface area (Å²) in [5.74, 6) is -1.34. The zero-order valence-corrected chi connectivity index (χ0v) is 5.20. The number of rotatable bonds is 4. The molecular formula is C5H10O4. The first-order valence-electron chi connectivity index (χ1n) is 2.71. The summed E-state index contributed by atoms with van der Waals surface area (Å²) in [6.07, 6.45) is -0.963. The minimum absolute atomic E-state index is 0.271. The van der Waals surface area contributed by atoms with Crippen LogP contribution in [0.2, 0.25) is 0 Å². The van der Waals surface area contributed by atoms with E-state index in [1.165, 1.54) is 0 Å². The van der Waals surface area contributed by atoms with Crippen molar-refractivity contribution in [2.24, 2.45) is 0 Å². The van der Waals surface area contributed by atoms with Gasteiger partial charge in [0.2, 0.25) is 0 Å². The zero-order chi connectivity index (χ0) is 7.28. The molecule has 0 aliphatic rings. The maximum Gasteiger partial charge on any atom is 0.360 e. The highest BCUT2D eigenvalue weighted by atomic mass is 16.6. The Morgan fingerprint density at radius 3 is 2.67 bits per heavy atom. The molecule has 0 saturated heterocycles. The predicted molar refractivity (Wildman–Crippen MR) is 29.9 cm³/mol. The second-order valence-corrected chi connectivity index (χ2v) is 1.56. The Morgan fingerprint density at radius 1 is 1.78 bits per heavy atom. The molecule has 0 aromatic heterocycles. The molecule has 0 rings (SSSR count). The number of hydrogen-bond acceptors (Lipinski definition) is 3. The highest BCUT2D eigenvalue weighted by molar-refractivity contribution is 5.70. The summed E-state index contributed by atoms with van der Waals surface area (Å²) < 4.78 is 4.41. The lowest BCUT2D eigenvalue weighted by molar-refractivity contribution is -0.176. The normalized spacial score (nSPS) is 13.1. The SMILES string of the molecule is CCCOC(O)C(=O)O. The van der Waals surface area contributed by atoms with E-state index >= 15 is 0 Å². The smallest absolute Gasteiger partial charge is 0.360 e. The van der Waals surface area contributed by atoms with E-state index in [1.54, 1.807) is 0 Å². The van der Waals surface area contributed by atoms with E-state index < -0.39 is 12.3 Å². The van der Waals surface area contributed by atoms with Crippen LogP contribution in [0, 0.1) is 0 Å². The number of carboxylic acids is 1. The van der Waals surface area contributed by atoms with E-state index in [9.17, 15) is 4.79 Å². The average Bonchev–Trinajstić information content (AvgIpc) is 1.82. The van der Waals surface area contributed by atoms with Gasteiger partial charge in [-0.05, 0) is 6.42 Å². The van der Waals surface area contributed by atoms with Crippen molar-refractivity contribution >= 4 is 5.97 Å². The Labute approximate surface area is 53.1 Å². The van der Waals surface area contributed by atoms with E-state index in [2.05, 4.69) is 4.74 Å². The molecule has 0 fully saturated rings. The first-order chi connectivity index (χ1) is 4.18. The molecule has 2 N–H and O–H groups in total. The van der Waals surface area contributed by atoms with Gasteiger partial charge >= 0.3 is 5.97 Å². The number of aliphatic hydroxyl groups excluding tert-OH is 1. The van der Waals surface area contributed by atoms with Crippen molar-refractivity contribution < 1.29 is 19.7 Å². The quantitative estimate of drug-likeness (QED) is 0.523. The van der Waals surface area contributed by atoms with Gasteiger partial charge in [-0.3, -0.25) is 0 Å². The van der Waals surface area contributed by atoms with Gasteiger partial charge in [-0.25, -0.2) is 4.79 Å². The van der Waals surface area contributed by atoms with Crippen LogP contribution in [0.1, 0.15) is 13.3 Å². The summed E-state index contributed by atoms with van der Waals surface area (Å²) in [7, 11) is 0. The monoisotopic (exact) mass is 134 g/mol. The minimum Gasteiger partial charge on any atom is -0.477 e. The first kappa shape index (κ1) is 8.39. The van der Waals surface area contributed by atoms with E-state index in [4.69, 9.17) is 10.2 Å². The highest BCUT2D eigenvalue weighted by Crippen LogP contribution is 1.87. The molecule has 0 aliphatic heterocycles. The molecule has 0 aromatic rings. The molecule has 54 valence electrons. The van der Waals surface area contributed by atoms with Gasteiger partial charge < -0.3 is 14.9 Å². The van der Waals surface area contributed by atoms with Crippen LogP contribution in [-0.2, 0) is 9.53 Å². The van der Waals surface area contributed by atoms with Gasteiger partial charge in [0.25, 0.3) is 6.29 Å². The summed E-state index contributed by atoms with van der Waals surface area (Å²) >= 11 is 0. The fourth-order valence-electron chi connectivity index (χ4n) is 0.301. The second-order valence-electron chi connectivity index (χ2n) is 1.56. The van der Waals surface area contributed by atoms with Crippen molar-refractivity contribution in [3.8, 4) is 0 Å². The topological polar surface area (TPSA) is 66.8 Å². The number of aliphatic carboxylic acids is 1. The van der Waals surface area contributed by atoms with Crippen molar-refractivity contribution in [3.05, 3.63) is 0 Å². The van der Waals surface area contributed by atoms with E-state index in [-0.39, 0.29) is 6.61 Å². The van der Waals surface area contributed by atoms with Gasteiger partial charge in [0.1, 0.15) is 0 Å². The Morgan fingerprint density at radius 2 is 2.33 bits per heavy atom. The zero-order valence-electron chi connectivity index (χ0n) is 5.20.